The van der Waals surface area contributed by atoms with Gasteiger partial charge in [0.15, 0.2) is 11.0 Å². The molecule has 0 amide bonds. The second-order valence-corrected chi connectivity index (χ2v) is 8.61. The molecule has 0 radical (unpaired) electrons. The summed E-state index contributed by atoms with van der Waals surface area (Å²) in [5.41, 5.74) is 4.09. The van der Waals surface area contributed by atoms with Crippen LogP contribution in [0.1, 0.15) is 15.9 Å². The largest absolute Gasteiger partial charge is 0.478 e. The number of benzene rings is 3. The normalized spacial score (nSPS) is 12.1. The Labute approximate surface area is 179 Å². The summed E-state index contributed by atoms with van der Waals surface area (Å²) in [6.45, 7) is 1.73. The molecule has 3 N–H and O–H groups in total. The van der Waals surface area contributed by atoms with Crippen molar-refractivity contribution in [2.24, 2.45) is 0 Å². The van der Waals surface area contributed by atoms with E-state index in [0.717, 1.165) is 27.1 Å². The lowest BCUT2D eigenvalue weighted by atomic mass is 10.1. The minimum Gasteiger partial charge on any atom is -0.478 e. The summed E-state index contributed by atoms with van der Waals surface area (Å²) in [6.07, 6.45) is 1.64. The van der Waals surface area contributed by atoms with E-state index in [-0.39, 0.29) is 5.56 Å². The monoisotopic (exact) mass is 441 g/mol. The molecule has 6 nitrogen and oxygen atoms in total. The van der Waals surface area contributed by atoms with Crippen molar-refractivity contribution in [3.05, 3.63) is 70.7 Å². The highest BCUT2D eigenvalue weighted by Crippen LogP contribution is 2.32. The van der Waals surface area contributed by atoms with Gasteiger partial charge in [0.2, 0.25) is 0 Å². The highest BCUT2D eigenvalue weighted by Gasteiger charge is 2.17. The summed E-state index contributed by atoms with van der Waals surface area (Å²) in [4.78, 5) is 18.3. The first-order valence-electron chi connectivity index (χ1n) is 9.02. The van der Waals surface area contributed by atoms with E-state index >= 15 is 0 Å². The van der Waals surface area contributed by atoms with Gasteiger partial charge < -0.3 is 9.84 Å². The number of nitrogens with one attached hydrogen (secondary N) is 2. The van der Waals surface area contributed by atoms with E-state index in [1.165, 1.54) is 6.07 Å². The van der Waals surface area contributed by atoms with Crippen molar-refractivity contribution in [3.63, 3.8) is 0 Å². The van der Waals surface area contributed by atoms with E-state index in [1.54, 1.807) is 31.4 Å². The zero-order valence-electron chi connectivity index (χ0n) is 16.2. The van der Waals surface area contributed by atoms with Gasteiger partial charge in [-0.2, -0.15) is 0 Å². The quantitative estimate of drug-likeness (QED) is 0.463. The van der Waals surface area contributed by atoms with E-state index in [9.17, 15) is 14.1 Å². The minimum absolute atomic E-state index is 0.186. The van der Waals surface area contributed by atoms with E-state index in [1.807, 2.05) is 30.3 Å². The third-order valence-electron chi connectivity index (χ3n) is 4.76. The predicted octanol–water partition coefficient (Wildman–Crippen LogP) is 4.84. The predicted molar refractivity (Wildman–Crippen MR) is 116 cm³/mol. The molecule has 1 atom stereocenters. The molecule has 152 valence electrons. The summed E-state index contributed by atoms with van der Waals surface area (Å²) in [6, 6.07) is 16.3. The van der Waals surface area contributed by atoms with Gasteiger partial charge in [0.25, 0.3) is 0 Å². The molecule has 1 unspecified atom stereocenters. The molecular weight excluding hydrogens is 424 g/mol. The van der Waals surface area contributed by atoms with Crippen molar-refractivity contribution < 1.29 is 23.8 Å². The van der Waals surface area contributed by atoms with Gasteiger partial charge in [-0.3, -0.25) is 4.21 Å². The van der Waals surface area contributed by atoms with Crippen LogP contribution in [0.5, 0.6) is 11.8 Å². The molecule has 0 spiro atoms. The van der Waals surface area contributed by atoms with Crippen LogP contribution in [-0.2, 0) is 10.8 Å². The summed E-state index contributed by atoms with van der Waals surface area (Å²) in [5.74, 6) is -0.608. The second-order valence-electron chi connectivity index (χ2n) is 6.82. The number of aryl methyl sites for hydroxylation is 1. The molecule has 30 heavy (non-hydrogen) atoms. The number of rotatable bonds is 5. The SMILES string of the molecule is Cc1ccc(Oc2[nH]c3cc(Cl)c(-c4ccc(S(C)=O)cc4)cc3[nH+]2)cc1C(=O)O. The number of carbonyl (C=O) groups is 1. The van der Waals surface area contributed by atoms with Gasteiger partial charge in [-0.1, -0.05) is 29.8 Å². The maximum absolute atomic E-state index is 11.6. The van der Waals surface area contributed by atoms with Crippen LogP contribution < -0.4 is 9.72 Å². The number of aromatic amines is 2. The Morgan fingerprint density at radius 1 is 1.13 bits per heavy atom. The molecule has 4 rings (SSSR count). The Morgan fingerprint density at radius 3 is 2.53 bits per heavy atom. The lowest BCUT2D eigenvalue weighted by Crippen LogP contribution is -2.04. The first-order chi connectivity index (χ1) is 14.3. The Morgan fingerprint density at radius 2 is 1.87 bits per heavy atom. The number of halogens is 1. The van der Waals surface area contributed by atoms with Crippen LogP contribution >= 0.6 is 11.6 Å². The minimum atomic E-state index is -1.04. The zero-order chi connectivity index (χ0) is 21.4. The summed E-state index contributed by atoms with van der Waals surface area (Å²) >= 11 is 6.48. The van der Waals surface area contributed by atoms with Gasteiger partial charge >= 0.3 is 12.0 Å². The molecule has 0 saturated carbocycles. The van der Waals surface area contributed by atoms with Crippen molar-refractivity contribution in [1.82, 2.24) is 4.98 Å². The number of ether oxygens (including phenoxy) is 1. The average molecular weight is 442 g/mol. The van der Waals surface area contributed by atoms with Crippen LogP contribution in [0, 0.1) is 6.92 Å². The fourth-order valence-corrected chi connectivity index (χ4v) is 3.96. The first kappa shape index (κ1) is 20.1. The van der Waals surface area contributed by atoms with E-state index in [2.05, 4.69) is 9.97 Å². The van der Waals surface area contributed by atoms with Gasteiger partial charge in [0, 0.05) is 33.6 Å². The zero-order valence-corrected chi connectivity index (χ0v) is 17.7. The number of carboxylic acid groups (broad SMARTS) is 1. The van der Waals surface area contributed by atoms with Crippen molar-refractivity contribution in [1.29, 1.82) is 0 Å². The van der Waals surface area contributed by atoms with Crippen molar-refractivity contribution in [3.8, 4) is 22.9 Å². The first-order valence-corrected chi connectivity index (χ1v) is 11.0. The van der Waals surface area contributed by atoms with Gasteiger partial charge in [0.1, 0.15) is 5.75 Å². The number of imidazole rings is 1. The van der Waals surface area contributed by atoms with Crippen LogP contribution in [0.3, 0.4) is 0 Å². The number of carboxylic acids is 1. The van der Waals surface area contributed by atoms with Gasteiger partial charge in [-0.05, 0) is 48.4 Å². The summed E-state index contributed by atoms with van der Waals surface area (Å²) in [7, 11) is -1.04. The molecule has 0 fully saturated rings. The third-order valence-corrected chi connectivity index (χ3v) is 6.01. The standard InChI is InChI=1S/C22H17ClN2O4S/c1-12-3-6-14(9-16(12)21(26)27)29-22-24-19-10-17(18(23)11-20(19)25-22)13-4-7-15(8-5-13)30(2)28/h3-11H,1-2H3,(H,24,25)(H,26,27)/p+1. The molecule has 1 aromatic heterocycles. The molecule has 1 heterocycles. The molecule has 0 aliphatic heterocycles. The molecule has 0 saturated heterocycles. The van der Waals surface area contributed by atoms with E-state index < -0.39 is 16.8 Å². The van der Waals surface area contributed by atoms with Gasteiger partial charge in [-0.15, -0.1) is 0 Å². The fraction of sp³-hybridized carbons (Fsp3) is 0.0909. The summed E-state index contributed by atoms with van der Waals surface area (Å²) < 4.78 is 17.4. The Kier molecular flexibility index (Phi) is 5.32. The average Bonchev–Trinajstić information content (AvgIpc) is 3.09. The van der Waals surface area contributed by atoms with Gasteiger partial charge in [0.05, 0.1) is 10.6 Å². The van der Waals surface area contributed by atoms with Crippen LogP contribution in [0.25, 0.3) is 22.2 Å². The lowest BCUT2D eigenvalue weighted by molar-refractivity contribution is -0.359. The number of aromatic nitrogens is 2. The Balaban J connectivity index is 1.67. The highest BCUT2D eigenvalue weighted by atomic mass is 35.5. The smallest absolute Gasteiger partial charge is 0.458 e. The van der Waals surface area contributed by atoms with Crippen molar-refractivity contribution >= 4 is 39.4 Å². The molecule has 0 aliphatic rings. The molecular formula is C22H18ClN2O4S+. The molecule has 4 aromatic rings. The van der Waals surface area contributed by atoms with Crippen LogP contribution in [0.4, 0.5) is 0 Å². The summed E-state index contributed by atoms with van der Waals surface area (Å²) in [5, 5.41) is 9.84. The number of fused-ring (bicyclic) bond motifs is 1. The number of H-pyrrole nitrogens is 2. The topological polar surface area (TPSA) is 93.5 Å². The van der Waals surface area contributed by atoms with Crippen molar-refractivity contribution in [2.75, 3.05) is 6.26 Å². The second kappa shape index (κ2) is 7.93. The maximum atomic E-state index is 11.6. The fourth-order valence-electron chi connectivity index (χ4n) is 3.17. The van der Waals surface area contributed by atoms with E-state index in [4.69, 9.17) is 16.3 Å². The molecule has 0 aliphatic carbocycles. The third kappa shape index (κ3) is 3.94. The number of hydrogen-bond acceptors (Lipinski definition) is 3. The highest BCUT2D eigenvalue weighted by molar-refractivity contribution is 7.84. The maximum Gasteiger partial charge on any atom is 0.458 e. The van der Waals surface area contributed by atoms with Gasteiger partial charge in [-0.25, -0.2) is 14.8 Å². The number of aromatic carboxylic acids is 1. The lowest BCUT2D eigenvalue weighted by Gasteiger charge is -2.04. The van der Waals surface area contributed by atoms with E-state index in [0.29, 0.717) is 22.3 Å². The molecule has 0 bridgehead atoms. The van der Waals surface area contributed by atoms with Crippen molar-refractivity contribution in [2.45, 2.75) is 11.8 Å². The Bertz CT molecular complexity index is 1300. The van der Waals surface area contributed by atoms with Crippen LogP contribution in [0.2, 0.25) is 5.02 Å². The van der Waals surface area contributed by atoms with Crippen LogP contribution in [0.15, 0.2) is 59.5 Å². The van der Waals surface area contributed by atoms with Crippen LogP contribution in [-0.4, -0.2) is 26.5 Å². The molecule has 8 heteroatoms. The number of hydrogen-bond donors (Lipinski definition) is 2. The molecule has 3 aromatic carbocycles. The Hall–Kier alpha value is -3.16.